The van der Waals surface area contributed by atoms with Gasteiger partial charge in [0, 0.05) is 38.0 Å². The second kappa shape index (κ2) is 11.2. The molecule has 1 aliphatic heterocycles. The molecule has 23 heavy (non-hydrogen) atoms. The molecule has 0 saturated carbocycles. The molecule has 0 aromatic carbocycles. The number of halogens is 1. The maximum atomic E-state index is 5.64. The van der Waals surface area contributed by atoms with E-state index in [4.69, 9.17) is 9.47 Å². The van der Waals surface area contributed by atoms with E-state index in [0.29, 0.717) is 19.1 Å². The molecule has 2 rings (SSSR count). The van der Waals surface area contributed by atoms with Gasteiger partial charge in [-0.3, -0.25) is 4.99 Å². The van der Waals surface area contributed by atoms with Gasteiger partial charge in [-0.2, -0.15) is 0 Å². The van der Waals surface area contributed by atoms with Gasteiger partial charge in [-0.25, -0.2) is 4.98 Å². The van der Waals surface area contributed by atoms with Crippen LogP contribution in [0.3, 0.4) is 0 Å². The molecule has 1 atom stereocenters. The zero-order chi connectivity index (χ0) is 15.8. The number of aryl methyl sites for hydroxylation is 1. The normalized spacial score (nSPS) is 18.1. The molecule has 2 heterocycles. The van der Waals surface area contributed by atoms with E-state index in [0.717, 1.165) is 44.3 Å². The Morgan fingerprint density at radius 2 is 2.35 bits per heavy atom. The lowest BCUT2D eigenvalue weighted by molar-refractivity contribution is 0.0536. The number of aromatic nitrogens is 1. The molecule has 1 aliphatic rings. The fraction of sp³-hybridized carbons (Fsp3) is 0.733. The van der Waals surface area contributed by atoms with Crippen LogP contribution in [0, 0.1) is 12.8 Å². The first-order valence-electron chi connectivity index (χ1n) is 7.65. The quantitative estimate of drug-likeness (QED) is 0.296. The van der Waals surface area contributed by atoms with Gasteiger partial charge in [-0.05, 0) is 13.3 Å². The zero-order valence-electron chi connectivity index (χ0n) is 14.1. The average Bonchev–Trinajstić information content (AvgIpc) is 3.14. The van der Waals surface area contributed by atoms with Crippen molar-refractivity contribution in [3.05, 3.63) is 16.1 Å². The summed E-state index contributed by atoms with van der Waals surface area (Å²) in [6.45, 7) is 6.98. The molecule has 1 N–H and O–H groups in total. The van der Waals surface area contributed by atoms with Crippen LogP contribution in [0.2, 0.25) is 0 Å². The van der Waals surface area contributed by atoms with Gasteiger partial charge in [-0.1, -0.05) is 0 Å². The maximum absolute atomic E-state index is 5.64. The van der Waals surface area contributed by atoms with Crippen LogP contribution < -0.4 is 5.32 Å². The Hall–Kier alpha value is -0.450. The van der Waals surface area contributed by atoms with Crippen molar-refractivity contribution in [3.63, 3.8) is 0 Å². The first kappa shape index (κ1) is 20.6. The molecule has 1 fully saturated rings. The van der Waals surface area contributed by atoms with Crippen LogP contribution >= 0.6 is 35.3 Å². The van der Waals surface area contributed by atoms with E-state index in [1.807, 2.05) is 19.5 Å². The highest BCUT2D eigenvalue weighted by molar-refractivity contribution is 14.0. The predicted molar refractivity (Wildman–Crippen MR) is 105 cm³/mol. The molecule has 1 aromatic heterocycles. The van der Waals surface area contributed by atoms with Crippen LogP contribution in [-0.4, -0.2) is 62.9 Å². The fourth-order valence-corrected chi connectivity index (χ4v) is 3.26. The van der Waals surface area contributed by atoms with Crippen LogP contribution in [0.15, 0.2) is 10.5 Å². The van der Waals surface area contributed by atoms with Crippen molar-refractivity contribution in [1.82, 2.24) is 15.2 Å². The SMILES string of the molecule is CN=C(NCc1scnc1C)N1CCC(COCCOC)C1.I. The number of thiazole rings is 1. The van der Waals surface area contributed by atoms with E-state index in [9.17, 15) is 0 Å². The summed E-state index contributed by atoms with van der Waals surface area (Å²) in [6, 6.07) is 0. The third-order valence-electron chi connectivity index (χ3n) is 3.83. The number of ether oxygens (including phenoxy) is 2. The van der Waals surface area contributed by atoms with Gasteiger partial charge in [-0.15, -0.1) is 35.3 Å². The second-order valence-electron chi connectivity index (χ2n) is 5.43. The van der Waals surface area contributed by atoms with Gasteiger partial charge < -0.3 is 19.7 Å². The van der Waals surface area contributed by atoms with Crippen LogP contribution in [0.5, 0.6) is 0 Å². The minimum atomic E-state index is 0. The minimum Gasteiger partial charge on any atom is -0.382 e. The molecule has 0 radical (unpaired) electrons. The summed E-state index contributed by atoms with van der Waals surface area (Å²) >= 11 is 1.68. The monoisotopic (exact) mass is 454 g/mol. The van der Waals surface area contributed by atoms with Crippen molar-refractivity contribution in [2.24, 2.45) is 10.9 Å². The highest BCUT2D eigenvalue weighted by Gasteiger charge is 2.25. The molecule has 0 bridgehead atoms. The molecule has 0 amide bonds. The van der Waals surface area contributed by atoms with Crippen molar-refractivity contribution >= 4 is 41.3 Å². The van der Waals surface area contributed by atoms with Gasteiger partial charge in [0.25, 0.3) is 0 Å². The number of aliphatic imine (C=N–C) groups is 1. The number of hydrogen-bond acceptors (Lipinski definition) is 5. The molecule has 6 nitrogen and oxygen atoms in total. The number of likely N-dealkylation sites (tertiary alicyclic amines) is 1. The third-order valence-corrected chi connectivity index (χ3v) is 4.77. The number of nitrogens with one attached hydrogen (secondary N) is 1. The maximum Gasteiger partial charge on any atom is 0.193 e. The van der Waals surface area contributed by atoms with E-state index >= 15 is 0 Å². The Bertz CT molecular complexity index is 484. The standard InChI is InChI=1S/C15H26N4O2S.HI/c1-12-14(22-11-18-12)8-17-15(16-2)19-5-4-13(9-19)10-21-7-6-20-3;/h11,13H,4-10H2,1-3H3,(H,16,17);1H. The van der Waals surface area contributed by atoms with Gasteiger partial charge >= 0.3 is 0 Å². The molecule has 0 spiro atoms. The average molecular weight is 454 g/mol. The number of nitrogens with zero attached hydrogens (tertiary/aromatic N) is 3. The smallest absolute Gasteiger partial charge is 0.193 e. The van der Waals surface area contributed by atoms with Crippen LogP contribution in [0.4, 0.5) is 0 Å². The third kappa shape index (κ3) is 6.52. The lowest BCUT2D eigenvalue weighted by Gasteiger charge is -2.21. The van der Waals surface area contributed by atoms with Crippen LogP contribution in [0.1, 0.15) is 17.0 Å². The molecular weight excluding hydrogens is 427 g/mol. The highest BCUT2D eigenvalue weighted by atomic mass is 127. The molecule has 132 valence electrons. The lowest BCUT2D eigenvalue weighted by Crippen LogP contribution is -2.39. The topological polar surface area (TPSA) is 59.0 Å². The first-order chi connectivity index (χ1) is 10.7. The van der Waals surface area contributed by atoms with E-state index < -0.39 is 0 Å². The van der Waals surface area contributed by atoms with Gasteiger partial charge in [0.2, 0.25) is 0 Å². The molecule has 1 saturated heterocycles. The summed E-state index contributed by atoms with van der Waals surface area (Å²) in [6.07, 6.45) is 1.15. The lowest BCUT2D eigenvalue weighted by atomic mass is 10.1. The fourth-order valence-electron chi connectivity index (χ4n) is 2.54. The number of rotatable bonds is 7. The van der Waals surface area contributed by atoms with E-state index in [-0.39, 0.29) is 24.0 Å². The first-order valence-corrected chi connectivity index (χ1v) is 8.53. The van der Waals surface area contributed by atoms with E-state index in [2.05, 4.69) is 20.2 Å². The van der Waals surface area contributed by atoms with Crippen LogP contribution in [0.25, 0.3) is 0 Å². The van der Waals surface area contributed by atoms with Crippen molar-refractivity contribution in [2.75, 3.05) is 47.1 Å². The molecule has 0 aliphatic carbocycles. The largest absolute Gasteiger partial charge is 0.382 e. The molecule has 1 aromatic rings. The molecule has 1 unspecified atom stereocenters. The molecule has 8 heteroatoms. The van der Waals surface area contributed by atoms with Crippen molar-refractivity contribution in [2.45, 2.75) is 19.9 Å². The summed E-state index contributed by atoms with van der Waals surface area (Å²) in [5.74, 6) is 1.53. The van der Waals surface area contributed by atoms with E-state index in [1.54, 1.807) is 18.4 Å². The summed E-state index contributed by atoms with van der Waals surface area (Å²) in [4.78, 5) is 12.2. The number of hydrogen-bond donors (Lipinski definition) is 1. The van der Waals surface area contributed by atoms with Gasteiger partial charge in [0.15, 0.2) is 5.96 Å². The van der Waals surface area contributed by atoms with Crippen molar-refractivity contribution < 1.29 is 9.47 Å². The Balaban J connectivity index is 0.00000264. The second-order valence-corrected chi connectivity index (χ2v) is 6.37. The van der Waals surface area contributed by atoms with Crippen LogP contribution in [-0.2, 0) is 16.0 Å². The van der Waals surface area contributed by atoms with Crippen molar-refractivity contribution in [1.29, 1.82) is 0 Å². The van der Waals surface area contributed by atoms with Crippen molar-refractivity contribution in [3.8, 4) is 0 Å². The Morgan fingerprint density at radius 1 is 1.52 bits per heavy atom. The summed E-state index contributed by atoms with van der Waals surface area (Å²) in [7, 11) is 3.53. The summed E-state index contributed by atoms with van der Waals surface area (Å²) in [5, 5.41) is 3.44. The minimum absolute atomic E-state index is 0. The summed E-state index contributed by atoms with van der Waals surface area (Å²) in [5.41, 5.74) is 2.98. The number of methoxy groups -OCH3 is 1. The Kier molecular flexibility index (Phi) is 10.00. The number of guanidine groups is 1. The predicted octanol–water partition coefficient (Wildman–Crippen LogP) is 2.13. The van der Waals surface area contributed by atoms with E-state index in [1.165, 1.54) is 4.88 Å². The van der Waals surface area contributed by atoms with Gasteiger partial charge in [0.1, 0.15) is 0 Å². The Morgan fingerprint density at radius 3 is 3.00 bits per heavy atom. The summed E-state index contributed by atoms with van der Waals surface area (Å²) < 4.78 is 10.6. The van der Waals surface area contributed by atoms with Gasteiger partial charge in [0.05, 0.1) is 37.6 Å². The highest BCUT2D eigenvalue weighted by Crippen LogP contribution is 2.17. The zero-order valence-corrected chi connectivity index (χ0v) is 17.2. The Labute approximate surface area is 159 Å². The molecular formula is C15H27IN4O2S.